The fourth-order valence-electron chi connectivity index (χ4n) is 2.26. The number of rotatable bonds is 3. The number of hydrogen-bond donors (Lipinski definition) is 2. The molecule has 1 fully saturated rings. The number of piperidine rings is 1. The molecule has 2 rings (SSSR count). The van der Waals surface area contributed by atoms with Gasteiger partial charge in [0.2, 0.25) is 17.2 Å². The first-order valence-corrected chi connectivity index (χ1v) is 6.50. The normalized spacial score (nSPS) is 24.9. The molecular weight excluding hydrogens is 252 g/mol. The Kier molecular flexibility index (Phi) is 4.19. The van der Waals surface area contributed by atoms with Crippen LogP contribution < -0.4 is 10.6 Å². The predicted octanol–water partition coefficient (Wildman–Crippen LogP) is 1.32. The number of halogens is 1. The van der Waals surface area contributed by atoms with Crippen molar-refractivity contribution in [2.45, 2.75) is 19.4 Å². The van der Waals surface area contributed by atoms with Gasteiger partial charge in [-0.1, -0.05) is 6.92 Å². The van der Waals surface area contributed by atoms with Crippen LogP contribution in [0.5, 0.6) is 0 Å². The third-order valence-electron chi connectivity index (χ3n) is 3.25. The minimum atomic E-state index is 0.206. The summed E-state index contributed by atoms with van der Waals surface area (Å²) < 4.78 is 0. The van der Waals surface area contributed by atoms with E-state index in [0.29, 0.717) is 23.9 Å². The van der Waals surface area contributed by atoms with Crippen LogP contribution in [-0.2, 0) is 0 Å². The van der Waals surface area contributed by atoms with Gasteiger partial charge in [-0.15, -0.1) is 0 Å². The van der Waals surface area contributed by atoms with Crippen LogP contribution in [0.2, 0.25) is 5.28 Å². The second-order valence-electron chi connectivity index (χ2n) is 4.78. The van der Waals surface area contributed by atoms with E-state index < -0.39 is 0 Å². The van der Waals surface area contributed by atoms with Crippen LogP contribution in [0.1, 0.15) is 13.3 Å². The highest BCUT2D eigenvalue weighted by atomic mass is 35.5. The van der Waals surface area contributed by atoms with Crippen molar-refractivity contribution in [3.05, 3.63) is 5.28 Å². The molecule has 1 aromatic heterocycles. The van der Waals surface area contributed by atoms with Crippen molar-refractivity contribution >= 4 is 23.5 Å². The highest BCUT2D eigenvalue weighted by Gasteiger charge is 2.24. The first kappa shape index (κ1) is 13.3. The molecule has 0 bridgehead atoms. The Bertz CT molecular complexity index is 413. The monoisotopic (exact) mass is 270 g/mol. The summed E-state index contributed by atoms with van der Waals surface area (Å²) in [5.74, 6) is 1.58. The van der Waals surface area contributed by atoms with Gasteiger partial charge in [0, 0.05) is 19.6 Å². The number of nitrogens with zero attached hydrogens (tertiary/aromatic N) is 4. The van der Waals surface area contributed by atoms with Gasteiger partial charge in [-0.25, -0.2) is 0 Å². The van der Waals surface area contributed by atoms with E-state index >= 15 is 0 Å². The van der Waals surface area contributed by atoms with E-state index in [1.165, 1.54) is 0 Å². The summed E-state index contributed by atoms with van der Waals surface area (Å²) in [6, 6.07) is 0.379. The molecule has 6 nitrogen and oxygen atoms in total. The summed E-state index contributed by atoms with van der Waals surface area (Å²) in [5, 5.41) is 6.43. The number of hydrogen-bond acceptors (Lipinski definition) is 6. The predicted molar refractivity (Wildman–Crippen MR) is 73.1 cm³/mol. The summed E-state index contributed by atoms with van der Waals surface area (Å²) in [5.41, 5.74) is 0. The average Bonchev–Trinajstić information content (AvgIpc) is 2.32. The molecule has 0 amide bonds. The fraction of sp³-hybridized carbons (Fsp3) is 0.727. The van der Waals surface area contributed by atoms with Gasteiger partial charge in [0.25, 0.3) is 0 Å². The van der Waals surface area contributed by atoms with Gasteiger partial charge in [0.1, 0.15) is 0 Å². The summed E-state index contributed by atoms with van der Waals surface area (Å²) >= 11 is 5.86. The van der Waals surface area contributed by atoms with Gasteiger partial charge in [-0.05, 0) is 37.5 Å². The van der Waals surface area contributed by atoms with Gasteiger partial charge in [-0.3, -0.25) is 0 Å². The van der Waals surface area contributed by atoms with Gasteiger partial charge in [0.15, 0.2) is 0 Å². The molecule has 1 aliphatic heterocycles. The highest BCUT2D eigenvalue weighted by molar-refractivity contribution is 6.28. The molecule has 2 atom stereocenters. The third kappa shape index (κ3) is 3.20. The van der Waals surface area contributed by atoms with E-state index in [2.05, 4.69) is 44.5 Å². The molecule has 1 aromatic rings. The van der Waals surface area contributed by atoms with E-state index in [1.54, 1.807) is 7.05 Å². The Morgan fingerprint density at radius 2 is 2.00 bits per heavy atom. The van der Waals surface area contributed by atoms with Crippen molar-refractivity contribution in [2.24, 2.45) is 5.92 Å². The van der Waals surface area contributed by atoms with Crippen LogP contribution >= 0.6 is 11.6 Å². The lowest BCUT2D eigenvalue weighted by molar-refractivity contribution is 0.206. The molecule has 100 valence electrons. The lowest BCUT2D eigenvalue weighted by atomic mass is 9.94. The van der Waals surface area contributed by atoms with Crippen LogP contribution in [0.3, 0.4) is 0 Å². The molecule has 0 radical (unpaired) electrons. The van der Waals surface area contributed by atoms with Crippen molar-refractivity contribution in [3.8, 4) is 0 Å². The van der Waals surface area contributed by atoms with E-state index in [1.807, 2.05) is 0 Å². The van der Waals surface area contributed by atoms with E-state index in [4.69, 9.17) is 11.6 Å². The molecule has 18 heavy (non-hydrogen) atoms. The molecule has 1 saturated heterocycles. The number of likely N-dealkylation sites (tertiary alicyclic amines) is 1. The third-order valence-corrected chi connectivity index (χ3v) is 3.42. The summed E-state index contributed by atoms with van der Waals surface area (Å²) in [7, 11) is 3.90. The Morgan fingerprint density at radius 3 is 2.67 bits per heavy atom. The largest absolute Gasteiger partial charge is 0.357 e. The van der Waals surface area contributed by atoms with E-state index in [0.717, 1.165) is 19.5 Å². The minimum Gasteiger partial charge on any atom is -0.357 e. The molecule has 0 aliphatic carbocycles. The van der Waals surface area contributed by atoms with Gasteiger partial charge >= 0.3 is 0 Å². The maximum Gasteiger partial charge on any atom is 0.229 e. The first-order valence-electron chi connectivity index (χ1n) is 6.13. The van der Waals surface area contributed by atoms with Gasteiger partial charge in [-0.2, -0.15) is 15.0 Å². The molecule has 0 aromatic carbocycles. The smallest absolute Gasteiger partial charge is 0.229 e. The van der Waals surface area contributed by atoms with Crippen LogP contribution in [-0.4, -0.2) is 53.1 Å². The molecule has 2 unspecified atom stereocenters. The zero-order valence-electron chi connectivity index (χ0n) is 10.9. The van der Waals surface area contributed by atoms with Crippen LogP contribution in [0.25, 0.3) is 0 Å². The second kappa shape index (κ2) is 5.67. The average molecular weight is 271 g/mol. The van der Waals surface area contributed by atoms with Crippen molar-refractivity contribution in [2.75, 3.05) is 37.8 Å². The second-order valence-corrected chi connectivity index (χ2v) is 5.12. The molecule has 0 saturated carbocycles. The van der Waals surface area contributed by atoms with Crippen molar-refractivity contribution < 1.29 is 0 Å². The Hall–Kier alpha value is -1.14. The molecule has 1 aliphatic rings. The minimum absolute atomic E-state index is 0.206. The van der Waals surface area contributed by atoms with Crippen LogP contribution in [0.4, 0.5) is 11.9 Å². The molecule has 2 heterocycles. The lowest BCUT2D eigenvalue weighted by Gasteiger charge is -2.35. The van der Waals surface area contributed by atoms with Crippen molar-refractivity contribution in [1.29, 1.82) is 0 Å². The quantitative estimate of drug-likeness (QED) is 0.864. The molecule has 2 N–H and O–H groups in total. The SMILES string of the molecule is CNc1nc(Cl)nc(NC2CCN(C)CC2C)n1. The van der Waals surface area contributed by atoms with Crippen LogP contribution in [0, 0.1) is 5.92 Å². The summed E-state index contributed by atoms with van der Waals surface area (Å²) in [6.07, 6.45) is 1.08. The van der Waals surface area contributed by atoms with Crippen molar-refractivity contribution in [1.82, 2.24) is 19.9 Å². The van der Waals surface area contributed by atoms with E-state index in [-0.39, 0.29) is 5.28 Å². The van der Waals surface area contributed by atoms with Crippen LogP contribution in [0.15, 0.2) is 0 Å². The number of nitrogens with one attached hydrogen (secondary N) is 2. The van der Waals surface area contributed by atoms with Gasteiger partial charge < -0.3 is 15.5 Å². The zero-order chi connectivity index (χ0) is 13.1. The number of aromatic nitrogens is 3. The Morgan fingerprint density at radius 1 is 1.28 bits per heavy atom. The zero-order valence-corrected chi connectivity index (χ0v) is 11.7. The maximum atomic E-state index is 5.86. The van der Waals surface area contributed by atoms with Gasteiger partial charge in [0.05, 0.1) is 0 Å². The van der Waals surface area contributed by atoms with Crippen molar-refractivity contribution in [3.63, 3.8) is 0 Å². The first-order chi connectivity index (χ1) is 8.58. The number of anilines is 2. The molecule has 7 heteroatoms. The summed E-state index contributed by atoms with van der Waals surface area (Å²) in [4.78, 5) is 14.7. The summed E-state index contributed by atoms with van der Waals surface area (Å²) in [6.45, 7) is 4.39. The Balaban J connectivity index is 2.06. The topological polar surface area (TPSA) is 66.0 Å². The maximum absolute atomic E-state index is 5.86. The lowest BCUT2D eigenvalue weighted by Crippen LogP contribution is -2.43. The fourth-order valence-corrected chi connectivity index (χ4v) is 2.42. The highest BCUT2D eigenvalue weighted by Crippen LogP contribution is 2.19. The standard InChI is InChI=1S/C11H19ClN6/c1-7-6-18(3)5-4-8(7)14-11-16-9(12)15-10(13-2)17-11/h7-8H,4-6H2,1-3H3,(H2,13,14,15,16,17). The van der Waals surface area contributed by atoms with E-state index in [9.17, 15) is 0 Å². The molecular formula is C11H19ClN6. The molecule has 0 spiro atoms. The Labute approximate surface area is 112 Å².